The van der Waals surface area contributed by atoms with Crippen LogP contribution >= 0.6 is 11.6 Å². The number of carbonyl (C=O) groups is 1. The molecular weight excluding hydrogens is 374 g/mol. The molecule has 1 aliphatic heterocycles. The number of amides is 1. The van der Waals surface area contributed by atoms with E-state index in [1.54, 1.807) is 6.07 Å². The van der Waals surface area contributed by atoms with Gasteiger partial charge in [-0.3, -0.25) is 9.78 Å². The third kappa shape index (κ3) is 3.81. The fourth-order valence-corrected chi connectivity index (χ4v) is 3.67. The van der Waals surface area contributed by atoms with Crippen LogP contribution < -0.4 is 10.2 Å². The van der Waals surface area contributed by atoms with Crippen molar-refractivity contribution in [1.82, 2.24) is 4.98 Å². The summed E-state index contributed by atoms with van der Waals surface area (Å²) < 4.78 is 5.44. The van der Waals surface area contributed by atoms with Gasteiger partial charge in [-0.2, -0.15) is 0 Å². The smallest absolute Gasteiger partial charge is 0.257 e. The van der Waals surface area contributed by atoms with Gasteiger partial charge in [-0.15, -0.1) is 0 Å². The molecule has 0 radical (unpaired) electrons. The van der Waals surface area contributed by atoms with Gasteiger partial charge in [0.25, 0.3) is 5.91 Å². The van der Waals surface area contributed by atoms with Crippen molar-refractivity contribution < 1.29 is 9.53 Å². The molecular formula is C22H22ClN3O2. The van der Waals surface area contributed by atoms with E-state index in [0.29, 0.717) is 35.2 Å². The third-order valence-corrected chi connectivity index (χ3v) is 5.20. The molecule has 0 spiro atoms. The summed E-state index contributed by atoms with van der Waals surface area (Å²) in [6.07, 6.45) is 0. The van der Waals surface area contributed by atoms with Gasteiger partial charge in [0.15, 0.2) is 0 Å². The van der Waals surface area contributed by atoms with E-state index < -0.39 is 0 Å². The molecule has 1 saturated heterocycles. The molecule has 2 aromatic carbocycles. The number of anilines is 2. The molecule has 1 fully saturated rings. The lowest BCUT2D eigenvalue weighted by Gasteiger charge is -2.30. The Bertz CT molecular complexity index is 1050. The molecule has 3 aromatic rings. The molecule has 1 N–H and O–H groups in total. The van der Waals surface area contributed by atoms with Crippen molar-refractivity contribution in [2.24, 2.45) is 0 Å². The fourth-order valence-electron chi connectivity index (χ4n) is 3.50. The van der Waals surface area contributed by atoms with E-state index >= 15 is 0 Å². The summed E-state index contributed by atoms with van der Waals surface area (Å²) in [4.78, 5) is 19.9. The first-order valence-corrected chi connectivity index (χ1v) is 9.71. The van der Waals surface area contributed by atoms with Crippen LogP contribution in [-0.2, 0) is 4.74 Å². The second-order valence-electron chi connectivity index (χ2n) is 7.03. The van der Waals surface area contributed by atoms with E-state index in [1.807, 2.05) is 50.2 Å². The molecule has 2 heterocycles. The summed E-state index contributed by atoms with van der Waals surface area (Å²) in [6.45, 7) is 6.78. The normalized spacial score (nSPS) is 14.3. The largest absolute Gasteiger partial charge is 0.378 e. The Balaban J connectivity index is 1.67. The highest BCUT2D eigenvalue weighted by molar-refractivity contribution is 6.31. The molecule has 1 aromatic heterocycles. The van der Waals surface area contributed by atoms with Crippen molar-refractivity contribution in [3.05, 3.63) is 64.3 Å². The van der Waals surface area contributed by atoms with E-state index in [4.69, 9.17) is 16.3 Å². The number of benzene rings is 2. The van der Waals surface area contributed by atoms with Crippen LogP contribution in [0.15, 0.2) is 42.5 Å². The van der Waals surface area contributed by atoms with Gasteiger partial charge >= 0.3 is 0 Å². The Hall–Kier alpha value is -2.63. The van der Waals surface area contributed by atoms with Gasteiger partial charge in [0.05, 0.1) is 41.4 Å². The Labute approximate surface area is 169 Å². The van der Waals surface area contributed by atoms with Crippen molar-refractivity contribution in [1.29, 1.82) is 0 Å². The SMILES string of the molecule is Cc1ccc2nc(C)c(C(=O)Nc3cc(Cl)ccc3N3CCOCC3)cc2c1. The van der Waals surface area contributed by atoms with Gasteiger partial charge in [0.2, 0.25) is 0 Å². The van der Waals surface area contributed by atoms with Crippen LogP contribution in [0.2, 0.25) is 5.02 Å². The molecule has 1 amide bonds. The summed E-state index contributed by atoms with van der Waals surface area (Å²) in [5.74, 6) is -0.190. The quantitative estimate of drug-likeness (QED) is 0.704. The Kier molecular flexibility index (Phi) is 5.20. The van der Waals surface area contributed by atoms with Crippen molar-refractivity contribution >= 4 is 39.8 Å². The maximum absolute atomic E-state index is 13.1. The zero-order valence-electron chi connectivity index (χ0n) is 16.0. The standard InChI is InChI=1S/C22H22ClN3O2/c1-14-3-5-19-16(11-14)12-18(15(2)24-19)22(27)25-20-13-17(23)4-6-21(20)26-7-9-28-10-8-26/h3-6,11-13H,7-10H2,1-2H3,(H,25,27). The Morgan fingerprint density at radius 2 is 1.89 bits per heavy atom. The molecule has 6 heteroatoms. The lowest BCUT2D eigenvalue weighted by Crippen LogP contribution is -2.36. The lowest BCUT2D eigenvalue weighted by molar-refractivity contribution is 0.102. The van der Waals surface area contributed by atoms with E-state index in [2.05, 4.69) is 15.2 Å². The van der Waals surface area contributed by atoms with E-state index in [0.717, 1.165) is 35.2 Å². The van der Waals surface area contributed by atoms with Crippen LogP contribution in [0.25, 0.3) is 10.9 Å². The molecule has 28 heavy (non-hydrogen) atoms. The zero-order chi connectivity index (χ0) is 19.7. The molecule has 0 bridgehead atoms. The lowest BCUT2D eigenvalue weighted by atomic mass is 10.1. The summed E-state index contributed by atoms with van der Waals surface area (Å²) in [5.41, 5.74) is 4.92. The van der Waals surface area contributed by atoms with Crippen molar-refractivity contribution in [3.63, 3.8) is 0 Å². The second kappa shape index (κ2) is 7.78. The minimum atomic E-state index is -0.190. The van der Waals surface area contributed by atoms with Crippen molar-refractivity contribution in [2.75, 3.05) is 36.5 Å². The number of pyridine rings is 1. The molecule has 0 saturated carbocycles. The number of carbonyl (C=O) groups excluding carboxylic acids is 1. The molecule has 0 unspecified atom stereocenters. The Morgan fingerprint density at radius 3 is 2.68 bits per heavy atom. The first-order valence-electron chi connectivity index (χ1n) is 9.33. The minimum absolute atomic E-state index is 0.190. The van der Waals surface area contributed by atoms with Crippen molar-refractivity contribution in [2.45, 2.75) is 13.8 Å². The summed E-state index contributed by atoms with van der Waals surface area (Å²) in [6, 6.07) is 13.5. The molecule has 0 aliphatic carbocycles. The van der Waals surface area contributed by atoms with Crippen LogP contribution in [0.3, 0.4) is 0 Å². The maximum Gasteiger partial charge on any atom is 0.257 e. The predicted molar refractivity (Wildman–Crippen MR) is 114 cm³/mol. The van der Waals surface area contributed by atoms with Crippen molar-refractivity contribution in [3.8, 4) is 0 Å². The number of halogens is 1. The topological polar surface area (TPSA) is 54.5 Å². The number of nitrogens with zero attached hydrogens (tertiary/aromatic N) is 2. The summed E-state index contributed by atoms with van der Waals surface area (Å²) >= 11 is 6.21. The predicted octanol–water partition coefficient (Wildman–Crippen LogP) is 4.59. The number of rotatable bonds is 3. The molecule has 4 rings (SSSR count). The van der Waals surface area contributed by atoms with Gasteiger partial charge in [-0.05, 0) is 50.2 Å². The molecule has 144 valence electrons. The summed E-state index contributed by atoms with van der Waals surface area (Å²) in [7, 11) is 0. The number of aryl methyl sites for hydroxylation is 2. The van der Waals surface area contributed by atoms with Gasteiger partial charge in [-0.1, -0.05) is 23.2 Å². The van der Waals surface area contributed by atoms with Gasteiger partial charge in [0, 0.05) is 23.5 Å². The number of hydrogen-bond acceptors (Lipinski definition) is 4. The van der Waals surface area contributed by atoms with Crippen LogP contribution in [0, 0.1) is 13.8 Å². The fraction of sp³-hybridized carbons (Fsp3) is 0.273. The van der Waals surface area contributed by atoms with Crippen LogP contribution in [0.1, 0.15) is 21.6 Å². The number of ether oxygens (including phenoxy) is 1. The van der Waals surface area contributed by atoms with Gasteiger partial charge < -0.3 is 15.0 Å². The highest BCUT2D eigenvalue weighted by Crippen LogP contribution is 2.30. The van der Waals surface area contributed by atoms with E-state index in [9.17, 15) is 4.79 Å². The number of morpholine rings is 1. The minimum Gasteiger partial charge on any atom is -0.378 e. The number of fused-ring (bicyclic) bond motifs is 1. The number of nitrogens with one attached hydrogen (secondary N) is 1. The average molecular weight is 396 g/mol. The average Bonchev–Trinajstić information content (AvgIpc) is 2.68. The van der Waals surface area contributed by atoms with Gasteiger partial charge in [0.1, 0.15) is 0 Å². The zero-order valence-corrected chi connectivity index (χ0v) is 16.7. The summed E-state index contributed by atoms with van der Waals surface area (Å²) in [5, 5.41) is 4.57. The first kappa shape index (κ1) is 18.7. The highest BCUT2D eigenvalue weighted by Gasteiger charge is 2.18. The first-order chi connectivity index (χ1) is 13.5. The van der Waals surface area contributed by atoms with Crippen LogP contribution in [-0.4, -0.2) is 37.2 Å². The monoisotopic (exact) mass is 395 g/mol. The number of aromatic nitrogens is 1. The molecule has 5 nitrogen and oxygen atoms in total. The van der Waals surface area contributed by atoms with Crippen LogP contribution in [0.4, 0.5) is 11.4 Å². The van der Waals surface area contributed by atoms with E-state index in [-0.39, 0.29) is 5.91 Å². The van der Waals surface area contributed by atoms with E-state index in [1.165, 1.54) is 0 Å². The second-order valence-corrected chi connectivity index (χ2v) is 7.47. The molecule has 0 atom stereocenters. The highest BCUT2D eigenvalue weighted by atomic mass is 35.5. The van der Waals surface area contributed by atoms with Gasteiger partial charge in [-0.25, -0.2) is 0 Å². The number of hydrogen-bond donors (Lipinski definition) is 1. The Morgan fingerprint density at radius 1 is 1.11 bits per heavy atom. The van der Waals surface area contributed by atoms with Crippen LogP contribution in [0.5, 0.6) is 0 Å². The maximum atomic E-state index is 13.1. The molecule has 1 aliphatic rings. The third-order valence-electron chi connectivity index (χ3n) is 4.96.